The van der Waals surface area contributed by atoms with Gasteiger partial charge in [-0.2, -0.15) is 0 Å². The second-order valence-electron chi connectivity index (χ2n) is 3.04. The zero-order chi connectivity index (χ0) is 6.81. The summed E-state index contributed by atoms with van der Waals surface area (Å²) < 4.78 is 0. The number of allylic oxidation sites excluding steroid dienone is 1. The molecule has 0 aromatic heterocycles. The van der Waals surface area contributed by atoms with E-state index in [1.54, 1.807) is 0 Å². The van der Waals surface area contributed by atoms with Crippen LogP contribution in [-0.4, -0.2) is 13.2 Å². The number of hydroxylamine groups is 1. The topological polar surface area (TPSA) is 23.3 Å². The van der Waals surface area contributed by atoms with Crippen molar-refractivity contribution < 1.29 is 4.84 Å². The lowest BCUT2D eigenvalue weighted by molar-refractivity contribution is -0.0439. The first-order valence-electron chi connectivity index (χ1n) is 3.92. The Morgan fingerprint density at radius 2 is 2.50 bits per heavy atom. The van der Waals surface area contributed by atoms with Crippen LogP contribution in [0.25, 0.3) is 0 Å². The molecular formula is C8H12NO. The Bertz CT molecular complexity index is 144. The van der Waals surface area contributed by atoms with Gasteiger partial charge in [-0.15, -0.1) is 0 Å². The zero-order valence-electron chi connectivity index (χ0n) is 5.99. The third-order valence-corrected chi connectivity index (χ3v) is 2.36. The molecule has 2 heteroatoms. The minimum Gasteiger partial charge on any atom is -0.281 e. The molecule has 0 bridgehead atoms. The van der Waals surface area contributed by atoms with E-state index >= 15 is 0 Å². The van der Waals surface area contributed by atoms with Gasteiger partial charge in [-0.25, -0.2) is 0 Å². The van der Waals surface area contributed by atoms with Crippen LogP contribution < -0.4 is 5.48 Å². The maximum Gasteiger partial charge on any atom is 0.0768 e. The summed E-state index contributed by atoms with van der Waals surface area (Å²) in [5.74, 6) is 1.44. The molecule has 1 saturated heterocycles. The number of hydrogen-bond donors (Lipinski definition) is 0. The van der Waals surface area contributed by atoms with Gasteiger partial charge in [0.25, 0.3) is 0 Å². The quantitative estimate of drug-likeness (QED) is 0.460. The molecule has 1 heterocycles. The fraction of sp³-hybridized carbons (Fsp3) is 0.750. The molecule has 1 radical (unpaired) electrons. The van der Waals surface area contributed by atoms with E-state index < -0.39 is 0 Å². The van der Waals surface area contributed by atoms with Crippen LogP contribution >= 0.6 is 0 Å². The third kappa shape index (κ3) is 1.09. The molecule has 55 valence electrons. The molecule has 2 atom stereocenters. The van der Waals surface area contributed by atoms with Gasteiger partial charge in [-0.05, 0) is 18.8 Å². The van der Waals surface area contributed by atoms with Crippen LogP contribution in [0.5, 0.6) is 0 Å². The highest BCUT2D eigenvalue weighted by atomic mass is 16.6. The number of fused-ring (bicyclic) bond motifs is 1. The summed E-state index contributed by atoms with van der Waals surface area (Å²) in [4.78, 5) is 5.01. The predicted octanol–water partition coefficient (Wildman–Crippen LogP) is 1.12. The normalized spacial score (nSPS) is 39.2. The minimum absolute atomic E-state index is 0.659. The van der Waals surface area contributed by atoms with Gasteiger partial charge in [0.15, 0.2) is 0 Å². The van der Waals surface area contributed by atoms with Gasteiger partial charge in [-0.1, -0.05) is 17.6 Å². The van der Waals surface area contributed by atoms with Crippen molar-refractivity contribution in [2.45, 2.75) is 12.8 Å². The average Bonchev–Trinajstić information content (AvgIpc) is 2.05. The van der Waals surface area contributed by atoms with Crippen LogP contribution in [-0.2, 0) is 4.84 Å². The summed E-state index contributed by atoms with van der Waals surface area (Å²) in [5.41, 5.74) is 3.93. The van der Waals surface area contributed by atoms with Crippen LogP contribution in [0.4, 0.5) is 0 Å². The minimum atomic E-state index is 0.659. The number of nitrogens with zero attached hydrogens (tertiary/aromatic N) is 1. The first-order valence-corrected chi connectivity index (χ1v) is 3.92. The summed E-state index contributed by atoms with van der Waals surface area (Å²) in [6, 6.07) is 0. The Labute approximate surface area is 61.2 Å². The van der Waals surface area contributed by atoms with Crippen molar-refractivity contribution in [3.05, 3.63) is 12.2 Å². The molecular weight excluding hydrogens is 126 g/mol. The maximum absolute atomic E-state index is 5.01. The first-order chi connectivity index (χ1) is 4.97. The van der Waals surface area contributed by atoms with Gasteiger partial charge >= 0.3 is 0 Å². The molecule has 1 aliphatic heterocycles. The van der Waals surface area contributed by atoms with Crippen molar-refractivity contribution in [3.63, 3.8) is 0 Å². The second-order valence-corrected chi connectivity index (χ2v) is 3.04. The number of hydrogen-bond acceptors (Lipinski definition) is 1. The lowest BCUT2D eigenvalue weighted by atomic mass is 9.84. The molecule has 0 aromatic carbocycles. The molecule has 1 aliphatic carbocycles. The van der Waals surface area contributed by atoms with E-state index in [9.17, 15) is 0 Å². The van der Waals surface area contributed by atoms with Crippen LogP contribution in [0, 0.1) is 11.8 Å². The Morgan fingerprint density at radius 1 is 1.50 bits per heavy atom. The Balaban J connectivity index is 2.03. The van der Waals surface area contributed by atoms with Crippen LogP contribution in [0.2, 0.25) is 0 Å². The highest BCUT2D eigenvalue weighted by Crippen LogP contribution is 2.26. The molecule has 2 rings (SSSR count). The highest BCUT2D eigenvalue weighted by molar-refractivity contribution is 4.98. The fourth-order valence-electron chi connectivity index (χ4n) is 1.66. The maximum atomic E-state index is 5.01. The van der Waals surface area contributed by atoms with Crippen LogP contribution in [0.15, 0.2) is 12.2 Å². The molecule has 2 unspecified atom stereocenters. The standard InChI is InChI=1S/C8H12NO/c1-2-4-8-6-10-9-5-7(8)3-1/h2,4,7-8H,1,3,5-6H2. The molecule has 0 amide bonds. The van der Waals surface area contributed by atoms with Crippen LogP contribution in [0.3, 0.4) is 0 Å². The van der Waals surface area contributed by atoms with E-state index in [2.05, 4.69) is 17.6 Å². The summed E-state index contributed by atoms with van der Waals surface area (Å²) in [6.07, 6.45) is 7.07. The van der Waals surface area contributed by atoms with Gasteiger partial charge < -0.3 is 0 Å². The smallest absolute Gasteiger partial charge is 0.0768 e. The van der Waals surface area contributed by atoms with E-state index in [-0.39, 0.29) is 0 Å². The molecule has 0 N–H and O–H groups in total. The van der Waals surface area contributed by atoms with Gasteiger partial charge in [-0.3, -0.25) is 4.84 Å². The largest absolute Gasteiger partial charge is 0.281 e. The monoisotopic (exact) mass is 138 g/mol. The van der Waals surface area contributed by atoms with Gasteiger partial charge in [0.05, 0.1) is 6.61 Å². The van der Waals surface area contributed by atoms with Crippen LogP contribution in [0.1, 0.15) is 12.8 Å². The molecule has 0 saturated carbocycles. The third-order valence-electron chi connectivity index (χ3n) is 2.36. The van der Waals surface area contributed by atoms with E-state index in [1.807, 2.05) is 0 Å². The molecule has 2 aliphatic rings. The van der Waals surface area contributed by atoms with Gasteiger partial charge in [0.1, 0.15) is 0 Å². The van der Waals surface area contributed by atoms with Crippen molar-refractivity contribution in [3.8, 4) is 0 Å². The molecule has 0 spiro atoms. The number of rotatable bonds is 0. The molecule has 0 aromatic rings. The molecule has 2 nitrogen and oxygen atoms in total. The van der Waals surface area contributed by atoms with Gasteiger partial charge in [0.2, 0.25) is 0 Å². The highest BCUT2D eigenvalue weighted by Gasteiger charge is 2.25. The Hall–Kier alpha value is -0.340. The fourth-order valence-corrected chi connectivity index (χ4v) is 1.66. The lowest BCUT2D eigenvalue weighted by Crippen LogP contribution is -2.34. The molecule has 1 fully saturated rings. The lowest BCUT2D eigenvalue weighted by Gasteiger charge is -2.30. The van der Waals surface area contributed by atoms with E-state index in [4.69, 9.17) is 4.84 Å². The summed E-state index contributed by atoms with van der Waals surface area (Å²) >= 11 is 0. The van der Waals surface area contributed by atoms with Crippen molar-refractivity contribution in [2.24, 2.45) is 11.8 Å². The van der Waals surface area contributed by atoms with E-state index in [0.717, 1.165) is 19.1 Å². The van der Waals surface area contributed by atoms with Crippen molar-refractivity contribution >= 4 is 0 Å². The molecule has 10 heavy (non-hydrogen) atoms. The SMILES string of the molecule is C1=CC2CO[N]CC2CC1. The predicted molar refractivity (Wildman–Crippen MR) is 38.3 cm³/mol. The summed E-state index contributed by atoms with van der Waals surface area (Å²) in [6.45, 7) is 1.72. The van der Waals surface area contributed by atoms with Crippen molar-refractivity contribution in [1.82, 2.24) is 5.48 Å². The van der Waals surface area contributed by atoms with Gasteiger partial charge in [0, 0.05) is 12.5 Å². The zero-order valence-corrected chi connectivity index (χ0v) is 5.99. The Kier molecular flexibility index (Phi) is 1.74. The first kappa shape index (κ1) is 6.38. The van der Waals surface area contributed by atoms with E-state index in [0.29, 0.717) is 5.92 Å². The summed E-state index contributed by atoms with van der Waals surface area (Å²) in [5, 5.41) is 0. The van der Waals surface area contributed by atoms with E-state index in [1.165, 1.54) is 12.8 Å². The van der Waals surface area contributed by atoms with Crippen molar-refractivity contribution in [2.75, 3.05) is 13.2 Å². The Morgan fingerprint density at radius 3 is 3.40 bits per heavy atom. The summed E-state index contributed by atoms with van der Waals surface area (Å²) in [7, 11) is 0. The average molecular weight is 138 g/mol. The second kappa shape index (κ2) is 2.72. The van der Waals surface area contributed by atoms with Crippen molar-refractivity contribution in [1.29, 1.82) is 0 Å².